The first-order valence-electron chi connectivity index (χ1n) is 10.5. The van der Waals surface area contributed by atoms with Crippen LogP contribution in [0, 0.1) is 12.8 Å². The topological polar surface area (TPSA) is 102 Å². The number of nitrogens with zero attached hydrogens (tertiary/aromatic N) is 1. The Morgan fingerprint density at radius 3 is 2.47 bits per heavy atom. The molecule has 3 rings (SSSR count). The van der Waals surface area contributed by atoms with Crippen LogP contribution in [0.15, 0.2) is 48.5 Å². The van der Waals surface area contributed by atoms with Gasteiger partial charge in [0.05, 0.1) is 18.1 Å². The average molecular weight is 438 g/mol. The Morgan fingerprint density at radius 2 is 1.78 bits per heavy atom. The molecule has 32 heavy (non-hydrogen) atoms. The van der Waals surface area contributed by atoms with Gasteiger partial charge in [-0.25, -0.2) is 4.79 Å². The summed E-state index contributed by atoms with van der Waals surface area (Å²) in [5, 5.41) is 2.70. The molecule has 2 aromatic rings. The van der Waals surface area contributed by atoms with Gasteiger partial charge < -0.3 is 19.7 Å². The second kappa shape index (κ2) is 10.6. The number of benzene rings is 2. The molecule has 1 saturated heterocycles. The lowest BCUT2D eigenvalue weighted by molar-refractivity contribution is -0.151. The van der Waals surface area contributed by atoms with Crippen LogP contribution in [-0.2, 0) is 23.9 Å². The van der Waals surface area contributed by atoms with Crippen molar-refractivity contribution in [3.63, 3.8) is 0 Å². The van der Waals surface area contributed by atoms with Crippen molar-refractivity contribution in [3.8, 4) is 0 Å². The number of aryl methyl sites for hydroxylation is 1. The molecule has 2 amide bonds. The molecule has 1 atom stereocenters. The lowest BCUT2D eigenvalue weighted by Crippen LogP contribution is -2.28. The van der Waals surface area contributed by atoms with Crippen LogP contribution < -0.4 is 10.2 Å². The molecule has 0 aliphatic carbocycles. The number of ether oxygens (including phenoxy) is 2. The Balaban J connectivity index is 1.52. The highest BCUT2D eigenvalue weighted by Gasteiger charge is 2.36. The van der Waals surface area contributed by atoms with Gasteiger partial charge in [-0.3, -0.25) is 14.4 Å². The van der Waals surface area contributed by atoms with Crippen molar-refractivity contribution in [3.05, 3.63) is 59.7 Å². The van der Waals surface area contributed by atoms with Gasteiger partial charge in [0.15, 0.2) is 6.61 Å². The minimum Gasteiger partial charge on any atom is -0.462 e. The van der Waals surface area contributed by atoms with E-state index in [4.69, 9.17) is 9.47 Å². The molecule has 1 N–H and O–H groups in total. The second-order valence-electron chi connectivity index (χ2n) is 7.56. The lowest BCUT2D eigenvalue weighted by atomic mass is 10.1. The molecule has 2 aromatic carbocycles. The fourth-order valence-corrected chi connectivity index (χ4v) is 3.32. The molecule has 1 aliphatic rings. The number of para-hydroxylation sites is 1. The number of carbonyl (C=O) groups is 4. The third kappa shape index (κ3) is 5.72. The summed E-state index contributed by atoms with van der Waals surface area (Å²) in [5.41, 5.74) is 2.52. The van der Waals surface area contributed by atoms with Crippen molar-refractivity contribution in [2.24, 2.45) is 5.92 Å². The van der Waals surface area contributed by atoms with Crippen molar-refractivity contribution in [2.45, 2.75) is 26.7 Å². The Labute approximate surface area is 186 Å². The number of hydrogen-bond donors (Lipinski definition) is 1. The molecular formula is C24H26N2O6. The largest absolute Gasteiger partial charge is 0.462 e. The Morgan fingerprint density at radius 1 is 1.06 bits per heavy atom. The van der Waals surface area contributed by atoms with E-state index in [1.807, 2.05) is 26.0 Å². The highest BCUT2D eigenvalue weighted by atomic mass is 16.5. The van der Waals surface area contributed by atoms with Gasteiger partial charge in [0, 0.05) is 24.3 Å². The molecule has 0 unspecified atom stereocenters. The number of esters is 2. The van der Waals surface area contributed by atoms with Crippen LogP contribution >= 0.6 is 0 Å². The summed E-state index contributed by atoms with van der Waals surface area (Å²) < 4.78 is 10.2. The van der Waals surface area contributed by atoms with Crippen molar-refractivity contribution in [1.82, 2.24) is 0 Å². The van der Waals surface area contributed by atoms with Crippen molar-refractivity contribution >= 4 is 35.1 Å². The van der Waals surface area contributed by atoms with E-state index in [1.54, 1.807) is 36.4 Å². The van der Waals surface area contributed by atoms with Gasteiger partial charge >= 0.3 is 11.9 Å². The van der Waals surface area contributed by atoms with Gasteiger partial charge in [0.1, 0.15) is 0 Å². The third-order valence-corrected chi connectivity index (χ3v) is 5.08. The van der Waals surface area contributed by atoms with E-state index in [-0.39, 0.29) is 18.9 Å². The van der Waals surface area contributed by atoms with E-state index in [2.05, 4.69) is 5.32 Å². The summed E-state index contributed by atoms with van der Waals surface area (Å²) in [6.45, 7) is 3.84. The van der Waals surface area contributed by atoms with Gasteiger partial charge in [0.25, 0.3) is 5.91 Å². The lowest BCUT2D eigenvalue weighted by Gasteiger charge is -2.17. The Bertz CT molecular complexity index is 1000. The quantitative estimate of drug-likeness (QED) is 0.636. The minimum atomic E-state index is -0.664. The average Bonchev–Trinajstić information content (AvgIpc) is 3.19. The third-order valence-electron chi connectivity index (χ3n) is 5.08. The van der Waals surface area contributed by atoms with Crippen LogP contribution in [0.3, 0.4) is 0 Å². The summed E-state index contributed by atoms with van der Waals surface area (Å²) in [4.78, 5) is 50.3. The molecule has 168 valence electrons. The first kappa shape index (κ1) is 23.0. The molecule has 0 aromatic heterocycles. The van der Waals surface area contributed by atoms with E-state index in [0.29, 0.717) is 23.5 Å². The maximum absolute atomic E-state index is 12.4. The molecule has 8 nitrogen and oxygen atoms in total. The van der Waals surface area contributed by atoms with Crippen LogP contribution in [0.2, 0.25) is 0 Å². The molecular weight excluding hydrogens is 412 g/mol. The van der Waals surface area contributed by atoms with Crippen LogP contribution in [0.5, 0.6) is 0 Å². The van der Waals surface area contributed by atoms with Gasteiger partial charge in [-0.2, -0.15) is 0 Å². The molecule has 0 radical (unpaired) electrons. The van der Waals surface area contributed by atoms with Gasteiger partial charge in [-0.15, -0.1) is 0 Å². The summed E-state index contributed by atoms with van der Waals surface area (Å²) >= 11 is 0. The number of amides is 2. The van der Waals surface area contributed by atoms with Crippen LogP contribution in [-0.4, -0.2) is 43.5 Å². The first-order chi connectivity index (χ1) is 15.4. The van der Waals surface area contributed by atoms with E-state index in [0.717, 1.165) is 12.0 Å². The first-order valence-corrected chi connectivity index (χ1v) is 10.5. The highest BCUT2D eigenvalue weighted by molar-refractivity contribution is 6.00. The zero-order chi connectivity index (χ0) is 23.1. The standard InChI is InChI=1S/C24H26N2O6/c1-3-12-31-23(29)17-8-10-19(11-9-17)26-14-18(13-22(26)28)24(30)32-15-21(27)25-20-7-5-4-6-16(20)2/h4-11,18H,3,12-15H2,1-2H3,(H,25,27)/t18-/m1/s1. The SMILES string of the molecule is CCCOC(=O)c1ccc(N2C[C@H](C(=O)OCC(=O)Nc3ccccc3C)CC2=O)cc1. The van der Waals surface area contributed by atoms with Gasteiger partial charge in [0.2, 0.25) is 5.91 Å². The smallest absolute Gasteiger partial charge is 0.338 e. The fourth-order valence-electron chi connectivity index (χ4n) is 3.32. The van der Waals surface area contributed by atoms with Crippen molar-refractivity contribution in [1.29, 1.82) is 0 Å². The van der Waals surface area contributed by atoms with Gasteiger partial charge in [-0.05, 0) is 49.2 Å². The van der Waals surface area contributed by atoms with Crippen LogP contribution in [0.4, 0.5) is 11.4 Å². The molecule has 0 spiro atoms. The minimum absolute atomic E-state index is 0.00145. The van der Waals surface area contributed by atoms with E-state index in [1.165, 1.54) is 4.90 Å². The van der Waals surface area contributed by atoms with Crippen molar-refractivity contribution in [2.75, 3.05) is 30.0 Å². The summed E-state index contributed by atoms with van der Waals surface area (Å²) in [5.74, 6) is -2.35. The van der Waals surface area contributed by atoms with Crippen molar-refractivity contribution < 1.29 is 28.7 Å². The van der Waals surface area contributed by atoms with E-state index < -0.39 is 30.4 Å². The van der Waals surface area contributed by atoms with E-state index >= 15 is 0 Å². The number of hydrogen-bond acceptors (Lipinski definition) is 6. The molecule has 0 saturated carbocycles. The predicted octanol–water partition coefficient (Wildman–Crippen LogP) is 3.10. The predicted molar refractivity (Wildman–Crippen MR) is 118 cm³/mol. The molecule has 8 heteroatoms. The molecule has 1 heterocycles. The molecule has 1 fully saturated rings. The monoisotopic (exact) mass is 438 g/mol. The van der Waals surface area contributed by atoms with Gasteiger partial charge in [-0.1, -0.05) is 25.1 Å². The Kier molecular flexibility index (Phi) is 7.59. The Hall–Kier alpha value is -3.68. The number of rotatable bonds is 8. The van der Waals surface area contributed by atoms with E-state index in [9.17, 15) is 19.2 Å². The molecule has 1 aliphatic heterocycles. The fraction of sp³-hybridized carbons (Fsp3) is 0.333. The molecule has 0 bridgehead atoms. The summed E-state index contributed by atoms with van der Waals surface area (Å²) in [6.07, 6.45) is 0.732. The summed E-state index contributed by atoms with van der Waals surface area (Å²) in [6, 6.07) is 13.7. The number of anilines is 2. The maximum atomic E-state index is 12.4. The summed E-state index contributed by atoms with van der Waals surface area (Å²) in [7, 11) is 0. The zero-order valence-electron chi connectivity index (χ0n) is 18.1. The zero-order valence-corrected chi connectivity index (χ0v) is 18.1. The number of carbonyl (C=O) groups excluding carboxylic acids is 4. The number of nitrogens with one attached hydrogen (secondary N) is 1. The maximum Gasteiger partial charge on any atom is 0.338 e. The normalized spacial score (nSPS) is 15.4. The van der Waals surface area contributed by atoms with Crippen LogP contribution in [0.1, 0.15) is 35.7 Å². The highest BCUT2D eigenvalue weighted by Crippen LogP contribution is 2.26. The van der Waals surface area contributed by atoms with Crippen LogP contribution in [0.25, 0.3) is 0 Å². The second-order valence-corrected chi connectivity index (χ2v) is 7.56.